The molecule has 98 valence electrons. The lowest BCUT2D eigenvalue weighted by Crippen LogP contribution is -1.99. The lowest BCUT2D eigenvalue weighted by Gasteiger charge is -2.09. The molecule has 0 radical (unpaired) electrons. The van der Waals surface area contributed by atoms with Crippen LogP contribution in [-0.2, 0) is 6.61 Å². The highest BCUT2D eigenvalue weighted by molar-refractivity contribution is 9.10. The average Bonchev–Trinajstić information content (AvgIpc) is 2.38. The van der Waals surface area contributed by atoms with Gasteiger partial charge in [0.2, 0.25) is 0 Å². The first-order valence-corrected chi connectivity index (χ1v) is 6.76. The molecule has 0 aliphatic heterocycles. The molecule has 2 rings (SSSR count). The molecule has 3 nitrogen and oxygen atoms in total. The number of hydrazone groups is 1. The van der Waals surface area contributed by atoms with Crippen LogP contribution in [0.4, 0.5) is 0 Å². The van der Waals surface area contributed by atoms with Gasteiger partial charge in [-0.1, -0.05) is 39.7 Å². The third kappa shape index (κ3) is 3.98. The topological polar surface area (TPSA) is 47.6 Å². The number of nitrogens with two attached hydrogens (primary N) is 1. The summed E-state index contributed by atoms with van der Waals surface area (Å²) in [6.07, 6.45) is 1.55. The molecule has 2 N–H and O–H groups in total. The second-order valence-electron chi connectivity index (χ2n) is 3.88. The standard InChI is InChI=1S/C14H12BrClN2O/c15-12-4-5-14(11(7-12)8-18-17)19-9-10-2-1-3-13(16)6-10/h1-8H,9,17H2. The maximum absolute atomic E-state index is 5.93. The molecule has 2 aromatic carbocycles. The Hall–Kier alpha value is -1.52. The van der Waals surface area contributed by atoms with E-state index < -0.39 is 0 Å². The number of rotatable bonds is 4. The van der Waals surface area contributed by atoms with Crippen molar-refractivity contribution in [3.63, 3.8) is 0 Å². The van der Waals surface area contributed by atoms with E-state index in [-0.39, 0.29) is 0 Å². The van der Waals surface area contributed by atoms with Crippen molar-refractivity contribution in [3.8, 4) is 5.75 Å². The first-order valence-electron chi connectivity index (χ1n) is 5.59. The highest BCUT2D eigenvalue weighted by atomic mass is 79.9. The van der Waals surface area contributed by atoms with Crippen LogP contribution in [0.1, 0.15) is 11.1 Å². The van der Waals surface area contributed by atoms with E-state index >= 15 is 0 Å². The van der Waals surface area contributed by atoms with Crippen LogP contribution in [0.2, 0.25) is 5.02 Å². The summed E-state index contributed by atoms with van der Waals surface area (Å²) in [5.41, 5.74) is 1.82. The summed E-state index contributed by atoms with van der Waals surface area (Å²) in [7, 11) is 0. The number of hydrogen-bond donors (Lipinski definition) is 1. The van der Waals surface area contributed by atoms with Gasteiger partial charge in [0.25, 0.3) is 0 Å². The fourth-order valence-electron chi connectivity index (χ4n) is 1.62. The summed E-state index contributed by atoms with van der Waals surface area (Å²) in [6, 6.07) is 13.2. The Labute approximate surface area is 125 Å². The van der Waals surface area contributed by atoms with Crippen LogP contribution in [0.5, 0.6) is 5.75 Å². The smallest absolute Gasteiger partial charge is 0.128 e. The van der Waals surface area contributed by atoms with Crippen molar-refractivity contribution in [1.29, 1.82) is 0 Å². The first kappa shape index (κ1) is 13.9. The van der Waals surface area contributed by atoms with Crippen molar-refractivity contribution >= 4 is 33.7 Å². The van der Waals surface area contributed by atoms with Gasteiger partial charge < -0.3 is 10.6 Å². The number of nitrogens with zero attached hydrogens (tertiary/aromatic N) is 1. The van der Waals surface area contributed by atoms with Gasteiger partial charge in [0.1, 0.15) is 12.4 Å². The van der Waals surface area contributed by atoms with Crippen LogP contribution in [0.15, 0.2) is 52.0 Å². The number of halogens is 2. The number of hydrogen-bond acceptors (Lipinski definition) is 3. The van der Waals surface area contributed by atoms with Crippen LogP contribution >= 0.6 is 27.5 Å². The summed E-state index contributed by atoms with van der Waals surface area (Å²) in [4.78, 5) is 0. The van der Waals surface area contributed by atoms with Gasteiger partial charge in [-0.05, 0) is 35.9 Å². The molecule has 2 aromatic rings. The summed E-state index contributed by atoms with van der Waals surface area (Å²) in [6.45, 7) is 0.438. The van der Waals surface area contributed by atoms with Crippen molar-refractivity contribution in [2.75, 3.05) is 0 Å². The lowest BCUT2D eigenvalue weighted by molar-refractivity contribution is 0.306. The minimum absolute atomic E-state index is 0.438. The SMILES string of the molecule is NN=Cc1cc(Br)ccc1OCc1cccc(Cl)c1. The molecule has 0 aliphatic carbocycles. The quantitative estimate of drug-likeness (QED) is 0.520. The molecule has 0 saturated carbocycles. The van der Waals surface area contributed by atoms with E-state index in [9.17, 15) is 0 Å². The van der Waals surface area contributed by atoms with Gasteiger partial charge in [0.05, 0.1) is 6.21 Å². The molecule has 0 bridgehead atoms. The van der Waals surface area contributed by atoms with Crippen molar-refractivity contribution in [2.24, 2.45) is 10.9 Å². The summed E-state index contributed by atoms with van der Waals surface area (Å²) in [5, 5.41) is 4.22. The molecular formula is C14H12BrClN2O. The van der Waals surface area contributed by atoms with Gasteiger partial charge in [-0.25, -0.2) is 0 Å². The molecule has 0 atom stereocenters. The second kappa shape index (κ2) is 6.59. The zero-order chi connectivity index (χ0) is 13.7. The van der Waals surface area contributed by atoms with Gasteiger partial charge in [-0.3, -0.25) is 0 Å². The van der Waals surface area contributed by atoms with Crippen LogP contribution in [-0.4, -0.2) is 6.21 Å². The van der Waals surface area contributed by atoms with Gasteiger partial charge >= 0.3 is 0 Å². The fraction of sp³-hybridized carbons (Fsp3) is 0.0714. The second-order valence-corrected chi connectivity index (χ2v) is 5.23. The number of ether oxygens (including phenoxy) is 1. The summed E-state index contributed by atoms with van der Waals surface area (Å²) in [5.74, 6) is 5.91. The average molecular weight is 340 g/mol. The molecule has 0 heterocycles. The van der Waals surface area contributed by atoms with Gasteiger partial charge in [0.15, 0.2) is 0 Å². The minimum atomic E-state index is 0.438. The van der Waals surface area contributed by atoms with E-state index in [2.05, 4.69) is 21.0 Å². The van der Waals surface area contributed by atoms with Crippen LogP contribution in [0.25, 0.3) is 0 Å². The van der Waals surface area contributed by atoms with E-state index in [0.717, 1.165) is 21.3 Å². The normalized spacial score (nSPS) is 10.8. The molecule has 0 aliphatic rings. The third-order valence-corrected chi connectivity index (χ3v) is 3.20. The molecule has 0 aromatic heterocycles. The minimum Gasteiger partial charge on any atom is -0.488 e. The van der Waals surface area contributed by atoms with Gasteiger partial charge in [-0.15, -0.1) is 0 Å². The Kier molecular flexibility index (Phi) is 4.82. The Bertz CT molecular complexity index is 602. The molecule has 0 saturated heterocycles. The predicted molar refractivity (Wildman–Crippen MR) is 81.7 cm³/mol. The molecule has 0 amide bonds. The van der Waals surface area contributed by atoms with E-state index in [0.29, 0.717) is 11.6 Å². The molecule has 0 fully saturated rings. The summed E-state index contributed by atoms with van der Waals surface area (Å²) >= 11 is 9.33. The largest absolute Gasteiger partial charge is 0.488 e. The summed E-state index contributed by atoms with van der Waals surface area (Å²) < 4.78 is 6.70. The monoisotopic (exact) mass is 338 g/mol. The van der Waals surface area contributed by atoms with E-state index in [1.807, 2.05) is 42.5 Å². The predicted octanol–water partition coefficient (Wildman–Crippen LogP) is 3.97. The van der Waals surface area contributed by atoms with Crippen LogP contribution < -0.4 is 10.6 Å². The van der Waals surface area contributed by atoms with Gasteiger partial charge in [0, 0.05) is 15.1 Å². The van der Waals surface area contributed by atoms with Crippen LogP contribution in [0, 0.1) is 0 Å². The molecular weight excluding hydrogens is 328 g/mol. The molecule has 0 unspecified atom stereocenters. The Morgan fingerprint density at radius 1 is 1.26 bits per heavy atom. The zero-order valence-corrected chi connectivity index (χ0v) is 12.4. The first-order chi connectivity index (χ1) is 9.19. The third-order valence-electron chi connectivity index (χ3n) is 2.47. The van der Waals surface area contributed by atoms with E-state index in [1.54, 1.807) is 6.21 Å². The highest BCUT2D eigenvalue weighted by Crippen LogP contribution is 2.23. The van der Waals surface area contributed by atoms with Gasteiger partial charge in [-0.2, -0.15) is 5.10 Å². The molecule has 5 heteroatoms. The molecule has 19 heavy (non-hydrogen) atoms. The Morgan fingerprint density at radius 2 is 2.11 bits per heavy atom. The van der Waals surface area contributed by atoms with Crippen molar-refractivity contribution in [1.82, 2.24) is 0 Å². The maximum atomic E-state index is 5.93. The molecule has 0 spiro atoms. The Morgan fingerprint density at radius 3 is 2.84 bits per heavy atom. The van der Waals surface area contributed by atoms with E-state index in [4.69, 9.17) is 22.2 Å². The number of benzene rings is 2. The Balaban J connectivity index is 2.15. The maximum Gasteiger partial charge on any atom is 0.128 e. The van der Waals surface area contributed by atoms with Crippen molar-refractivity contribution in [3.05, 3.63) is 63.1 Å². The highest BCUT2D eigenvalue weighted by Gasteiger charge is 2.03. The van der Waals surface area contributed by atoms with Crippen molar-refractivity contribution < 1.29 is 4.74 Å². The zero-order valence-electron chi connectivity index (χ0n) is 10.0. The van der Waals surface area contributed by atoms with E-state index in [1.165, 1.54) is 0 Å². The van der Waals surface area contributed by atoms with Crippen LogP contribution in [0.3, 0.4) is 0 Å². The van der Waals surface area contributed by atoms with Crippen molar-refractivity contribution in [2.45, 2.75) is 6.61 Å². The lowest BCUT2D eigenvalue weighted by atomic mass is 10.2. The fourth-order valence-corrected chi connectivity index (χ4v) is 2.21.